The lowest BCUT2D eigenvalue weighted by atomic mass is 9.89. The van der Waals surface area contributed by atoms with Crippen LogP contribution in [0.3, 0.4) is 0 Å². The number of hydrogen-bond donors (Lipinski definition) is 3. The Hall–Kier alpha value is -3.26. The maximum atomic E-state index is 11.8. The van der Waals surface area contributed by atoms with E-state index < -0.39 is 10.0 Å². The van der Waals surface area contributed by atoms with E-state index in [9.17, 15) is 8.42 Å². The summed E-state index contributed by atoms with van der Waals surface area (Å²) in [5, 5.41) is 19.4. The third-order valence-electron chi connectivity index (χ3n) is 6.46. The topological polar surface area (TPSA) is 152 Å². The van der Waals surface area contributed by atoms with E-state index in [0.717, 1.165) is 41.0 Å². The summed E-state index contributed by atoms with van der Waals surface area (Å²) in [5.41, 5.74) is 4.60. The van der Waals surface area contributed by atoms with E-state index in [1.54, 1.807) is 10.9 Å². The molecule has 1 aromatic carbocycles. The number of aliphatic hydroxyl groups is 1. The van der Waals surface area contributed by atoms with Crippen LogP contribution < -0.4 is 15.4 Å². The SMILES string of the molecule is C=O.CCCO.Cc1cc(Nc2ncc(Cl)c(Nc3cn(C)nc3CC(C)C)n2)c(OC(C)C)cc1C1CN(S(C)(=O)=O)C1. The molecule has 44 heavy (non-hydrogen) atoms. The molecular formula is C30H46ClN7O5S. The lowest BCUT2D eigenvalue weighted by molar-refractivity contribution is -0.0980. The van der Waals surface area contributed by atoms with Gasteiger partial charge in [-0.05, 0) is 62.8 Å². The summed E-state index contributed by atoms with van der Waals surface area (Å²) in [6.07, 6.45) is 6.33. The van der Waals surface area contributed by atoms with E-state index >= 15 is 0 Å². The molecule has 3 N–H and O–H groups in total. The number of nitrogens with zero attached hydrogens (tertiary/aromatic N) is 5. The van der Waals surface area contributed by atoms with Crippen LogP contribution in [-0.2, 0) is 28.3 Å². The van der Waals surface area contributed by atoms with Crippen molar-refractivity contribution >= 4 is 51.6 Å². The molecule has 14 heteroatoms. The van der Waals surface area contributed by atoms with E-state index in [-0.39, 0.29) is 12.0 Å². The third-order valence-corrected chi connectivity index (χ3v) is 7.97. The summed E-state index contributed by atoms with van der Waals surface area (Å²) in [5.74, 6) is 2.05. The average Bonchev–Trinajstić information content (AvgIpc) is 3.25. The summed E-state index contributed by atoms with van der Waals surface area (Å²) in [6, 6.07) is 3.98. The van der Waals surface area contributed by atoms with Crippen molar-refractivity contribution in [2.75, 3.05) is 36.6 Å². The van der Waals surface area contributed by atoms with Crippen LogP contribution in [0.25, 0.3) is 0 Å². The molecule has 0 bridgehead atoms. The van der Waals surface area contributed by atoms with Gasteiger partial charge in [0.25, 0.3) is 0 Å². The van der Waals surface area contributed by atoms with Crippen molar-refractivity contribution in [3.63, 3.8) is 0 Å². The summed E-state index contributed by atoms with van der Waals surface area (Å²) in [4.78, 5) is 17.0. The van der Waals surface area contributed by atoms with Gasteiger partial charge in [-0.3, -0.25) is 4.68 Å². The fraction of sp³-hybridized carbons (Fsp3) is 0.533. The first kappa shape index (κ1) is 36.9. The molecule has 3 aromatic rings. The van der Waals surface area contributed by atoms with Gasteiger partial charge in [0.15, 0.2) is 5.82 Å². The first-order valence-corrected chi connectivity index (χ1v) is 16.7. The monoisotopic (exact) mass is 651 g/mol. The number of halogens is 1. The van der Waals surface area contributed by atoms with E-state index in [1.165, 1.54) is 10.6 Å². The minimum Gasteiger partial charge on any atom is -0.489 e. The smallest absolute Gasteiger partial charge is 0.229 e. The number of ether oxygens (including phenoxy) is 1. The number of nitrogens with one attached hydrogen (secondary N) is 2. The Morgan fingerprint density at radius 3 is 2.34 bits per heavy atom. The van der Waals surface area contributed by atoms with E-state index in [2.05, 4.69) is 39.5 Å². The zero-order valence-corrected chi connectivity index (χ0v) is 28.5. The van der Waals surface area contributed by atoms with Gasteiger partial charge in [0.2, 0.25) is 16.0 Å². The lowest BCUT2D eigenvalue weighted by Gasteiger charge is -2.38. The van der Waals surface area contributed by atoms with Gasteiger partial charge in [0, 0.05) is 38.9 Å². The van der Waals surface area contributed by atoms with Crippen LogP contribution >= 0.6 is 11.6 Å². The predicted molar refractivity (Wildman–Crippen MR) is 176 cm³/mol. The van der Waals surface area contributed by atoms with Crippen LogP contribution in [0.15, 0.2) is 24.5 Å². The number of hydrogen-bond acceptors (Lipinski definition) is 10. The molecule has 1 fully saturated rings. The summed E-state index contributed by atoms with van der Waals surface area (Å²) in [7, 11) is -1.30. The van der Waals surface area contributed by atoms with Gasteiger partial charge in [-0.1, -0.05) is 32.4 Å². The second-order valence-electron chi connectivity index (χ2n) is 11.3. The Morgan fingerprint density at radius 1 is 1.16 bits per heavy atom. The highest BCUT2D eigenvalue weighted by atomic mass is 35.5. The summed E-state index contributed by atoms with van der Waals surface area (Å²) in [6.45, 7) is 15.4. The summed E-state index contributed by atoms with van der Waals surface area (Å²) < 4.78 is 33.1. The maximum absolute atomic E-state index is 11.8. The van der Waals surface area contributed by atoms with E-state index in [0.29, 0.717) is 48.2 Å². The van der Waals surface area contributed by atoms with Gasteiger partial charge >= 0.3 is 0 Å². The van der Waals surface area contributed by atoms with Crippen molar-refractivity contribution in [1.82, 2.24) is 24.1 Å². The second-order valence-corrected chi connectivity index (χ2v) is 13.7. The molecule has 0 spiro atoms. The van der Waals surface area contributed by atoms with Crippen molar-refractivity contribution in [1.29, 1.82) is 0 Å². The molecule has 0 saturated carbocycles. The number of anilines is 4. The number of aliphatic hydroxyl groups excluding tert-OH is 1. The standard InChI is InChI=1S/C26H36ClN7O3S.C3H8O.CH2O/c1-15(2)8-21-23(14-33(6)32-21)29-25-20(27)11-28-26(31-25)30-22-9-17(5)19(10-24(22)37-16(3)4)18-12-34(13-18)38(7,35)36;1-2-3-4;1-2/h9-11,14-16,18H,8,12-13H2,1-7H3,(H2,28,29,30,31);4H,2-3H2,1H3;1H2. The van der Waals surface area contributed by atoms with Gasteiger partial charge in [-0.2, -0.15) is 10.1 Å². The number of benzene rings is 1. The van der Waals surface area contributed by atoms with Crippen molar-refractivity contribution in [2.45, 2.75) is 66.4 Å². The summed E-state index contributed by atoms with van der Waals surface area (Å²) >= 11 is 6.45. The van der Waals surface area contributed by atoms with Gasteiger partial charge in [-0.15, -0.1) is 0 Å². The molecule has 0 atom stereocenters. The Kier molecular flexibility index (Phi) is 14.0. The van der Waals surface area contributed by atoms with Gasteiger partial charge in [0.1, 0.15) is 17.6 Å². The largest absolute Gasteiger partial charge is 0.489 e. The van der Waals surface area contributed by atoms with E-state index in [1.807, 2.05) is 59.9 Å². The molecule has 3 heterocycles. The zero-order chi connectivity index (χ0) is 33.2. The predicted octanol–water partition coefficient (Wildman–Crippen LogP) is 5.21. The lowest BCUT2D eigenvalue weighted by Crippen LogP contribution is -2.48. The maximum Gasteiger partial charge on any atom is 0.229 e. The number of aromatic nitrogens is 4. The molecular weight excluding hydrogens is 606 g/mol. The molecule has 1 aliphatic heterocycles. The molecule has 0 aliphatic carbocycles. The highest BCUT2D eigenvalue weighted by molar-refractivity contribution is 7.88. The van der Waals surface area contributed by atoms with Crippen molar-refractivity contribution in [2.24, 2.45) is 13.0 Å². The van der Waals surface area contributed by atoms with Gasteiger partial charge in [0.05, 0.1) is 35.6 Å². The molecule has 4 rings (SSSR count). The first-order chi connectivity index (χ1) is 20.7. The van der Waals surface area contributed by atoms with Gasteiger partial charge < -0.3 is 25.3 Å². The molecule has 0 radical (unpaired) electrons. The zero-order valence-electron chi connectivity index (χ0n) is 26.9. The van der Waals surface area contributed by atoms with Crippen LogP contribution in [0.1, 0.15) is 63.8 Å². The Balaban J connectivity index is 0.00000104. The molecule has 1 saturated heterocycles. The molecule has 2 aromatic heterocycles. The Morgan fingerprint density at radius 2 is 1.80 bits per heavy atom. The van der Waals surface area contributed by atoms with Crippen LogP contribution in [0.4, 0.5) is 23.1 Å². The van der Waals surface area contributed by atoms with Crippen LogP contribution in [0, 0.1) is 12.8 Å². The number of carbonyl (C=O) groups excluding carboxylic acids is 1. The quantitative estimate of drug-likeness (QED) is 0.252. The van der Waals surface area contributed by atoms with Gasteiger partial charge in [-0.25, -0.2) is 17.7 Å². The minimum absolute atomic E-state index is 0.0617. The fourth-order valence-corrected chi connectivity index (χ4v) is 5.48. The third kappa shape index (κ3) is 10.4. The van der Waals surface area contributed by atoms with Crippen molar-refractivity contribution in [3.05, 3.63) is 46.4 Å². The van der Waals surface area contributed by atoms with Crippen LogP contribution in [-0.4, -0.2) is 76.4 Å². The van der Waals surface area contributed by atoms with Crippen molar-refractivity contribution in [3.8, 4) is 5.75 Å². The second kappa shape index (κ2) is 16.7. The first-order valence-electron chi connectivity index (χ1n) is 14.5. The molecule has 244 valence electrons. The Labute approximate surface area is 266 Å². The van der Waals surface area contributed by atoms with Crippen molar-refractivity contribution < 1.29 is 23.1 Å². The number of rotatable bonds is 11. The molecule has 0 unspecified atom stereocenters. The van der Waals surface area contributed by atoms with Crippen LogP contribution in [0.2, 0.25) is 5.02 Å². The minimum atomic E-state index is -3.18. The molecule has 12 nitrogen and oxygen atoms in total. The van der Waals surface area contributed by atoms with Crippen LogP contribution in [0.5, 0.6) is 5.75 Å². The number of aryl methyl sites for hydroxylation is 2. The Bertz CT molecular complexity index is 1470. The number of carbonyl (C=O) groups is 1. The average molecular weight is 652 g/mol. The highest BCUT2D eigenvalue weighted by Gasteiger charge is 2.35. The number of sulfonamides is 1. The molecule has 0 amide bonds. The van der Waals surface area contributed by atoms with E-state index in [4.69, 9.17) is 26.2 Å². The highest BCUT2D eigenvalue weighted by Crippen LogP contribution is 2.38. The fourth-order valence-electron chi connectivity index (χ4n) is 4.44. The molecule has 1 aliphatic rings. The normalized spacial score (nSPS) is 13.5.